The Morgan fingerprint density at radius 1 is 1.20 bits per heavy atom. The largest absolute Gasteiger partial charge is 0.353 e. The second-order valence-electron chi connectivity index (χ2n) is 7.52. The molecule has 2 atom stereocenters. The minimum atomic E-state index is 0.215. The minimum Gasteiger partial charge on any atom is -0.353 e. The van der Waals surface area contributed by atoms with E-state index in [0.29, 0.717) is 12.1 Å². The van der Waals surface area contributed by atoms with E-state index in [1.165, 1.54) is 0 Å². The Labute approximate surface area is 123 Å². The van der Waals surface area contributed by atoms with E-state index in [-0.39, 0.29) is 17.4 Å². The number of carbonyl (C=O) groups excluding carboxylic acids is 1. The van der Waals surface area contributed by atoms with Gasteiger partial charge in [-0.1, -0.05) is 0 Å². The zero-order valence-electron chi connectivity index (χ0n) is 13.5. The zero-order valence-corrected chi connectivity index (χ0v) is 13.5. The quantitative estimate of drug-likeness (QED) is 0.810. The van der Waals surface area contributed by atoms with Crippen LogP contribution in [0.5, 0.6) is 0 Å². The van der Waals surface area contributed by atoms with E-state index in [4.69, 9.17) is 0 Å². The standard InChI is InChI=1S/C16H31N3O/c1-12-11-13(5-8-17-12)15(20)18-14-6-9-19(10-7-14)16(2,3)4/h12-14,17H,5-11H2,1-4H3,(H,18,20). The molecular formula is C16H31N3O. The molecule has 2 rings (SSSR count). The van der Waals surface area contributed by atoms with Gasteiger partial charge in [-0.05, 0) is 59.9 Å². The Hall–Kier alpha value is -0.610. The Bertz CT molecular complexity index is 329. The Morgan fingerprint density at radius 3 is 2.40 bits per heavy atom. The summed E-state index contributed by atoms with van der Waals surface area (Å²) in [5.74, 6) is 0.499. The summed E-state index contributed by atoms with van der Waals surface area (Å²) >= 11 is 0. The average Bonchev–Trinajstić information content (AvgIpc) is 2.38. The molecule has 4 nitrogen and oxygen atoms in total. The van der Waals surface area contributed by atoms with Gasteiger partial charge in [0.2, 0.25) is 5.91 Å². The third-order valence-corrected chi connectivity index (χ3v) is 4.78. The van der Waals surface area contributed by atoms with Crippen LogP contribution in [0.15, 0.2) is 0 Å². The fourth-order valence-corrected chi connectivity index (χ4v) is 3.38. The van der Waals surface area contributed by atoms with E-state index in [9.17, 15) is 4.79 Å². The smallest absolute Gasteiger partial charge is 0.223 e. The average molecular weight is 281 g/mol. The van der Waals surface area contributed by atoms with Gasteiger partial charge in [0.1, 0.15) is 0 Å². The van der Waals surface area contributed by atoms with E-state index in [0.717, 1.165) is 45.3 Å². The van der Waals surface area contributed by atoms with E-state index in [1.807, 2.05) is 0 Å². The molecule has 0 aliphatic carbocycles. The second kappa shape index (κ2) is 6.44. The molecule has 2 unspecified atom stereocenters. The molecule has 4 heteroatoms. The van der Waals surface area contributed by atoms with Crippen molar-refractivity contribution in [3.05, 3.63) is 0 Å². The molecule has 2 aliphatic rings. The van der Waals surface area contributed by atoms with Crippen molar-refractivity contribution in [1.82, 2.24) is 15.5 Å². The van der Waals surface area contributed by atoms with Gasteiger partial charge in [0.05, 0.1) is 0 Å². The molecule has 0 aromatic carbocycles. The molecule has 0 bridgehead atoms. The Kier molecular flexibility index (Phi) is 5.08. The Morgan fingerprint density at radius 2 is 1.85 bits per heavy atom. The number of carbonyl (C=O) groups is 1. The molecule has 2 N–H and O–H groups in total. The molecule has 0 radical (unpaired) electrons. The monoisotopic (exact) mass is 281 g/mol. The van der Waals surface area contributed by atoms with Crippen molar-refractivity contribution in [3.63, 3.8) is 0 Å². The van der Waals surface area contributed by atoms with Gasteiger partial charge in [-0.25, -0.2) is 0 Å². The van der Waals surface area contributed by atoms with Crippen molar-refractivity contribution < 1.29 is 4.79 Å². The number of nitrogens with one attached hydrogen (secondary N) is 2. The van der Waals surface area contributed by atoms with Crippen LogP contribution in [0.4, 0.5) is 0 Å². The minimum absolute atomic E-state index is 0.215. The highest BCUT2D eigenvalue weighted by Gasteiger charge is 2.30. The zero-order chi connectivity index (χ0) is 14.8. The second-order valence-corrected chi connectivity index (χ2v) is 7.52. The first kappa shape index (κ1) is 15.8. The van der Waals surface area contributed by atoms with Crippen LogP contribution >= 0.6 is 0 Å². The van der Waals surface area contributed by atoms with Crippen LogP contribution in [0.1, 0.15) is 53.4 Å². The van der Waals surface area contributed by atoms with Gasteiger partial charge in [-0.15, -0.1) is 0 Å². The van der Waals surface area contributed by atoms with Gasteiger partial charge in [0.15, 0.2) is 0 Å². The maximum Gasteiger partial charge on any atom is 0.223 e. The highest BCUT2D eigenvalue weighted by Crippen LogP contribution is 2.21. The third-order valence-electron chi connectivity index (χ3n) is 4.78. The van der Waals surface area contributed by atoms with Crippen LogP contribution in [0, 0.1) is 5.92 Å². The maximum absolute atomic E-state index is 12.3. The van der Waals surface area contributed by atoms with Crippen molar-refractivity contribution >= 4 is 5.91 Å². The predicted molar refractivity (Wildman–Crippen MR) is 82.7 cm³/mol. The number of hydrogen-bond acceptors (Lipinski definition) is 3. The molecule has 2 heterocycles. The van der Waals surface area contributed by atoms with Gasteiger partial charge >= 0.3 is 0 Å². The summed E-state index contributed by atoms with van der Waals surface area (Å²) in [6.45, 7) is 12.1. The highest BCUT2D eigenvalue weighted by molar-refractivity contribution is 5.79. The lowest BCUT2D eigenvalue weighted by molar-refractivity contribution is -0.127. The summed E-state index contributed by atoms with van der Waals surface area (Å²) in [5, 5.41) is 6.69. The van der Waals surface area contributed by atoms with Crippen molar-refractivity contribution in [3.8, 4) is 0 Å². The van der Waals surface area contributed by atoms with E-state index >= 15 is 0 Å². The molecule has 0 saturated carbocycles. The summed E-state index contributed by atoms with van der Waals surface area (Å²) < 4.78 is 0. The SMILES string of the molecule is CC1CC(C(=O)NC2CCN(C(C)(C)C)CC2)CCN1. The topological polar surface area (TPSA) is 44.4 Å². The summed E-state index contributed by atoms with van der Waals surface area (Å²) in [4.78, 5) is 14.9. The third kappa shape index (κ3) is 4.19. The van der Waals surface area contributed by atoms with Gasteiger partial charge in [0.25, 0.3) is 0 Å². The first-order valence-corrected chi connectivity index (χ1v) is 8.15. The maximum atomic E-state index is 12.3. The number of rotatable bonds is 2. The summed E-state index contributed by atoms with van der Waals surface area (Å²) in [7, 11) is 0. The van der Waals surface area contributed by atoms with Gasteiger partial charge in [-0.3, -0.25) is 9.69 Å². The van der Waals surface area contributed by atoms with Crippen molar-refractivity contribution in [2.45, 2.75) is 71.0 Å². The lowest BCUT2D eigenvalue weighted by Gasteiger charge is -2.41. The molecule has 2 saturated heterocycles. The first-order valence-electron chi connectivity index (χ1n) is 8.15. The lowest BCUT2D eigenvalue weighted by atomic mass is 9.91. The molecule has 2 fully saturated rings. The molecule has 1 amide bonds. The van der Waals surface area contributed by atoms with Crippen LogP contribution in [0.2, 0.25) is 0 Å². The number of likely N-dealkylation sites (tertiary alicyclic amines) is 1. The fraction of sp³-hybridized carbons (Fsp3) is 0.938. The van der Waals surface area contributed by atoms with Crippen molar-refractivity contribution in [2.75, 3.05) is 19.6 Å². The van der Waals surface area contributed by atoms with Gasteiger partial charge in [-0.2, -0.15) is 0 Å². The number of hydrogen-bond donors (Lipinski definition) is 2. The fourth-order valence-electron chi connectivity index (χ4n) is 3.38. The van der Waals surface area contributed by atoms with Crippen LogP contribution in [-0.2, 0) is 4.79 Å². The van der Waals surface area contributed by atoms with Crippen LogP contribution in [0.25, 0.3) is 0 Å². The molecule has 116 valence electrons. The number of nitrogens with zero attached hydrogens (tertiary/aromatic N) is 1. The van der Waals surface area contributed by atoms with Crippen LogP contribution < -0.4 is 10.6 Å². The van der Waals surface area contributed by atoms with Crippen LogP contribution in [-0.4, -0.2) is 48.1 Å². The summed E-state index contributed by atoms with van der Waals surface area (Å²) in [6.07, 6.45) is 4.14. The van der Waals surface area contributed by atoms with Gasteiger partial charge < -0.3 is 10.6 Å². The van der Waals surface area contributed by atoms with E-state index in [1.54, 1.807) is 0 Å². The summed E-state index contributed by atoms with van der Waals surface area (Å²) in [5.41, 5.74) is 0.249. The van der Waals surface area contributed by atoms with Gasteiger partial charge in [0, 0.05) is 36.6 Å². The molecular weight excluding hydrogens is 250 g/mol. The highest BCUT2D eigenvalue weighted by atomic mass is 16.1. The predicted octanol–water partition coefficient (Wildman–Crippen LogP) is 1.75. The number of amides is 1. The van der Waals surface area contributed by atoms with Crippen LogP contribution in [0.3, 0.4) is 0 Å². The molecule has 0 aromatic heterocycles. The number of piperidine rings is 2. The lowest BCUT2D eigenvalue weighted by Crippen LogP contribution is -2.52. The van der Waals surface area contributed by atoms with Crippen molar-refractivity contribution in [1.29, 1.82) is 0 Å². The molecule has 20 heavy (non-hydrogen) atoms. The normalized spacial score (nSPS) is 30.2. The summed E-state index contributed by atoms with van der Waals surface area (Å²) in [6, 6.07) is 0.855. The van der Waals surface area contributed by atoms with E-state index < -0.39 is 0 Å². The van der Waals surface area contributed by atoms with E-state index in [2.05, 4.69) is 43.2 Å². The van der Waals surface area contributed by atoms with Crippen molar-refractivity contribution in [2.24, 2.45) is 5.92 Å². The molecule has 2 aliphatic heterocycles. The Balaban J connectivity index is 1.76. The molecule has 0 spiro atoms. The molecule has 0 aromatic rings. The first-order chi connectivity index (χ1) is 9.36.